The van der Waals surface area contributed by atoms with Crippen molar-refractivity contribution in [1.82, 2.24) is 4.98 Å². The zero-order valence-electron chi connectivity index (χ0n) is 14.8. The largest absolute Gasteiger partial charge is 0.536 e. The molecule has 1 aliphatic rings. The molecule has 0 saturated carbocycles. The van der Waals surface area contributed by atoms with Crippen LogP contribution in [0.1, 0.15) is 26.3 Å². The van der Waals surface area contributed by atoms with Crippen LogP contribution in [0.4, 0.5) is 11.5 Å². The third-order valence-electron chi connectivity index (χ3n) is 4.54. The van der Waals surface area contributed by atoms with Crippen LogP contribution in [-0.4, -0.2) is 12.0 Å². The van der Waals surface area contributed by atoms with Gasteiger partial charge in [0, 0.05) is 6.20 Å². The van der Waals surface area contributed by atoms with E-state index < -0.39 is 0 Å². The van der Waals surface area contributed by atoms with Gasteiger partial charge in [0.2, 0.25) is 0 Å². The molecule has 4 heteroatoms. The standard InChI is InChI=1S/C21H21BN2O/c1-21(2,3)16-13-14-23-20(15-16)24-18-11-7-8-12-19(18)25-22(24)17-9-5-4-6-10-17/h4-15H,1-3H3. The number of para-hydroxylation sites is 2. The third kappa shape index (κ3) is 2.89. The van der Waals surface area contributed by atoms with Gasteiger partial charge >= 0.3 is 7.05 Å². The SMILES string of the molecule is CC(C)(C)c1ccnc(N2B(c3ccccc3)Oc3ccccc32)c1. The number of rotatable bonds is 2. The minimum Gasteiger partial charge on any atom is -0.536 e. The van der Waals surface area contributed by atoms with Gasteiger partial charge in [-0.25, -0.2) is 4.98 Å². The first-order valence-corrected chi connectivity index (χ1v) is 8.60. The zero-order valence-corrected chi connectivity index (χ0v) is 14.8. The molecule has 0 bridgehead atoms. The number of pyridine rings is 1. The topological polar surface area (TPSA) is 25.4 Å². The van der Waals surface area contributed by atoms with Gasteiger partial charge in [-0.3, -0.25) is 0 Å². The maximum Gasteiger partial charge on any atom is 0.525 e. The minimum absolute atomic E-state index is 0.0695. The minimum atomic E-state index is -0.207. The summed E-state index contributed by atoms with van der Waals surface area (Å²) in [5, 5.41) is 0. The second-order valence-electron chi connectivity index (χ2n) is 7.37. The fourth-order valence-corrected chi connectivity index (χ4v) is 3.15. The summed E-state index contributed by atoms with van der Waals surface area (Å²) in [4.78, 5) is 6.84. The fraction of sp³-hybridized carbons (Fsp3) is 0.190. The van der Waals surface area contributed by atoms with E-state index in [9.17, 15) is 0 Å². The van der Waals surface area contributed by atoms with Crippen molar-refractivity contribution < 1.29 is 4.65 Å². The first-order chi connectivity index (χ1) is 12.0. The fourth-order valence-electron chi connectivity index (χ4n) is 3.15. The van der Waals surface area contributed by atoms with E-state index in [2.05, 4.69) is 60.9 Å². The lowest BCUT2D eigenvalue weighted by molar-refractivity contribution is 0.589. The van der Waals surface area contributed by atoms with Gasteiger partial charge in [0.1, 0.15) is 11.6 Å². The molecule has 124 valence electrons. The van der Waals surface area contributed by atoms with Crippen LogP contribution in [0.5, 0.6) is 5.75 Å². The molecule has 2 heterocycles. The van der Waals surface area contributed by atoms with Gasteiger partial charge in [0.05, 0.1) is 5.69 Å². The quantitative estimate of drug-likeness (QED) is 0.656. The molecule has 0 spiro atoms. The van der Waals surface area contributed by atoms with Crippen molar-refractivity contribution in [3.63, 3.8) is 0 Å². The van der Waals surface area contributed by atoms with E-state index >= 15 is 0 Å². The molecule has 0 fully saturated rings. The Balaban J connectivity index is 1.84. The summed E-state index contributed by atoms with van der Waals surface area (Å²) >= 11 is 0. The highest BCUT2D eigenvalue weighted by molar-refractivity contribution is 6.74. The number of fused-ring (bicyclic) bond motifs is 1. The van der Waals surface area contributed by atoms with Crippen molar-refractivity contribution in [2.24, 2.45) is 0 Å². The molecule has 0 radical (unpaired) electrons. The maximum absolute atomic E-state index is 6.27. The normalized spacial score (nSPS) is 13.6. The van der Waals surface area contributed by atoms with Gasteiger partial charge in [0.25, 0.3) is 0 Å². The van der Waals surface area contributed by atoms with E-state index in [1.54, 1.807) is 0 Å². The predicted molar refractivity (Wildman–Crippen MR) is 104 cm³/mol. The van der Waals surface area contributed by atoms with E-state index in [1.165, 1.54) is 5.56 Å². The van der Waals surface area contributed by atoms with E-state index in [1.807, 2.05) is 42.6 Å². The number of hydrogen-bond acceptors (Lipinski definition) is 3. The molecule has 3 nitrogen and oxygen atoms in total. The average Bonchev–Trinajstić information content (AvgIpc) is 3.01. The molecular formula is C21H21BN2O. The van der Waals surface area contributed by atoms with Gasteiger partial charge in [0.15, 0.2) is 0 Å². The van der Waals surface area contributed by atoms with Crippen LogP contribution in [0.25, 0.3) is 0 Å². The van der Waals surface area contributed by atoms with E-state index in [-0.39, 0.29) is 12.5 Å². The Kier molecular flexibility index (Phi) is 3.76. The molecule has 1 aromatic heterocycles. The van der Waals surface area contributed by atoms with Gasteiger partial charge in [-0.15, -0.1) is 0 Å². The van der Waals surface area contributed by atoms with Crippen LogP contribution in [0.3, 0.4) is 0 Å². The molecule has 1 aliphatic heterocycles. The Morgan fingerprint density at radius 2 is 1.64 bits per heavy atom. The summed E-state index contributed by atoms with van der Waals surface area (Å²) < 4.78 is 6.27. The number of hydrogen-bond donors (Lipinski definition) is 0. The molecule has 0 amide bonds. The summed E-state index contributed by atoms with van der Waals surface area (Å²) in [6, 6.07) is 22.7. The summed E-state index contributed by atoms with van der Waals surface area (Å²) in [6.07, 6.45) is 1.89. The van der Waals surface area contributed by atoms with Crippen LogP contribution in [0.15, 0.2) is 72.9 Å². The molecule has 2 aromatic carbocycles. The lowest BCUT2D eigenvalue weighted by Crippen LogP contribution is -2.47. The van der Waals surface area contributed by atoms with Gasteiger partial charge in [-0.2, -0.15) is 0 Å². The van der Waals surface area contributed by atoms with E-state index in [4.69, 9.17) is 4.65 Å². The van der Waals surface area contributed by atoms with Crippen molar-refractivity contribution >= 4 is 24.0 Å². The van der Waals surface area contributed by atoms with Gasteiger partial charge in [-0.05, 0) is 40.7 Å². The molecule has 0 unspecified atom stereocenters. The maximum atomic E-state index is 6.27. The predicted octanol–water partition coefficient (Wildman–Crippen LogP) is 4.31. The Hall–Kier alpha value is -2.75. The third-order valence-corrected chi connectivity index (χ3v) is 4.54. The Labute approximate surface area is 149 Å². The van der Waals surface area contributed by atoms with Gasteiger partial charge in [-0.1, -0.05) is 63.2 Å². The van der Waals surface area contributed by atoms with E-state index in [0.717, 1.165) is 22.7 Å². The summed E-state index contributed by atoms with van der Waals surface area (Å²) in [5.41, 5.74) is 3.49. The molecular weight excluding hydrogens is 307 g/mol. The monoisotopic (exact) mass is 328 g/mol. The van der Waals surface area contributed by atoms with Crippen LogP contribution in [-0.2, 0) is 5.41 Å². The number of anilines is 2. The molecule has 0 aliphatic carbocycles. The second-order valence-corrected chi connectivity index (χ2v) is 7.37. The van der Waals surface area contributed by atoms with Crippen LogP contribution >= 0.6 is 0 Å². The van der Waals surface area contributed by atoms with Crippen molar-refractivity contribution in [3.05, 3.63) is 78.5 Å². The first-order valence-electron chi connectivity index (χ1n) is 8.60. The van der Waals surface area contributed by atoms with Crippen molar-refractivity contribution in [3.8, 4) is 5.75 Å². The Bertz CT molecular complexity index is 890. The lowest BCUT2D eigenvalue weighted by atomic mass is 9.71. The van der Waals surface area contributed by atoms with Crippen LogP contribution in [0, 0.1) is 0 Å². The lowest BCUT2D eigenvalue weighted by Gasteiger charge is -2.24. The van der Waals surface area contributed by atoms with Crippen molar-refractivity contribution in [2.45, 2.75) is 26.2 Å². The summed E-state index contributed by atoms with van der Waals surface area (Å²) in [7, 11) is -0.207. The Morgan fingerprint density at radius 3 is 2.40 bits per heavy atom. The van der Waals surface area contributed by atoms with Crippen molar-refractivity contribution in [2.75, 3.05) is 4.81 Å². The average molecular weight is 328 g/mol. The molecule has 0 saturated heterocycles. The van der Waals surface area contributed by atoms with Gasteiger partial charge < -0.3 is 9.47 Å². The summed E-state index contributed by atoms with van der Waals surface area (Å²) in [5.74, 6) is 1.80. The zero-order chi connectivity index (χ0) is 17.4. The number of benzene rings is 2. The molecule has 3 aromatic rings. The van der Waals surface area contributed by atoms with Crippen molar-refractivity contribution in [1.29, 1.82) is 0 Å². The highest BCUT2D eigenvalue weighted by Gasteiger charge is 2.40. The summed E-state index contributed by atoms with van der Waals surface area (Å²) in [6.45, 7) is 6.65. The molecule has 0 N–H and O–H groups in total. The highest BCUT2D eigenvalue weighted by atomic mass is 16.5. The number of nitrogens with zero attached hydrogens (tertiary/aromatic N) is 2. The van der Waals surface area contributed by atoms with Crippen LogP contribution in [0.2, 0.25) is 0 Å². The second kappa shape index (κ2) is 5.96. The smallest absolute Gasteiger partial charge is 0.525 e. The first kappa shape index (κ1) is 15.8. The van der Waals surface area contributed by atoms with E-state index in [0.29, 0.717) is 0 Å². The molecule has 0 atom stereocenters. The molecule has 4 rings (SSSR count). The Morgan fingerprint density at radius 1 is 0.920 bits per heavy atom. The number of aromatic nitrogens is 1. The van der Waals surface area contributed by atoms with Crippen LogP contribution < -0.4 is 14.9 Å². The highest BCUT2D eigenvalue weighted by Crippen LogP contribution is 2.40. The molecule has 25 heavy (non-hydrogen) atoms.